The summed E-state index contributed by atoms with van der Waals surface area (Å²) < 4.78 is 30.5. The second kappa shape index (κ2) is 10.2. The number of aliphatic carboxylic acids is 1. The first-order valence-corrected chi connectivity index (χ1v) is 10.1. The minimum Gasteiger partial charge on any atom is -0.481 e. The summed E-state index contributed by atoms with van der Waals surface area (Å²) in [6.07, 6.45) is 1.07. The molecule has 2 rings (SSSR count). The maximum absolute atomic E-state index is 15.3. The van der Waals surface area contributed by atoms with Crippen molar-refractivity contribution in [3.05, 3.63) is 58.2 Å². The Labute approximate surface area is 181 Å². The zero-order valence-corrected chi connectivity index (χ0v) is 18.4. The molecule has 2 aromatic rings. The Kier molecular flexibility index (Phi) is 7.91. The fourth-order valence-electron chi connectivity index (χ4n) is 3.23. The van der Waals surface area contributed by atoms with E-state index in [0.717, 1.165) is 5.69 Å². The van der Waals surface area contributed by atoms with Crippen LogP contribution < -0.4 is 10.6 Å². The number of benzene rings is 2. The maximum Gasteiger partial charge on any atom is 0.305 e. The first kappa shape index (κ1) is 24.1. The second-order valence-electron chi connectivity index (χ2n) is 7.77. The minimum atomic E-state index is -1.04. The van der Waals surface area contributed by atoms with Gasteiger partial charge in [0.05, 0.1) is 6.42 Å². The summed E-state index contributed by atoms with van der Waals surface area (Å²) in [4.78, 5) is 22.7. The maximum atomic E-state index is 15.3. The number of hydrogen-bond donors (Lipinski definition) is 3. The highest BCUT2D eigenvalue weighted by atomic mass is 19.1. The molecule has 31 heavy (non-hydrogen) atoms. The van der Waals surface area contributed by atoms with E-state index in [1.807, 2.05) is 26.0 Å². The van der Waals surface area contributed by atoms with E-state index in [4.69, 9.17) is 5.11 Å². The van der Waals surface area contributed by atoms with Gasteiger partial charge in [0.25, 0.3) is 0 Å². The lowest BCUT2D eigenvalue weighted by Gasteiger charge is -2.16. The first-order chi connectivity index (χ1) is 14.5. The van der Waals surface area contributed by atoms with Crippen molar-refractivity contribution in [3.8, 4) is 11.1 Å². The molecule has 0 atom stereocenters. The summed E-state index contributed by atoms with van der Waals surface area (Å²) in [6, 6.07) is 7.37. The van der Waals surface area contributed by atoms with Gasteiger partial charge in [-0.3, -0.25) is 9.59 Å². The Morgan fingerprint density at radius 2 is 1.68 bits per heavy atom. The number of anilines is 1. The topological polar surface area (TPSA) is 78.4 Å². The molecule has 5 nitrogen and oxygen atoms in total. The van der Waals surface area contributed by atoms with E-state index in [0.29, 0.717) is 5.56 Å². The molecule has 0 aliphatic heterocycles. The number of amides is 1. The van der Waals surface area contributed by atoms with Gasteiger partial charge in [-0.05, 0) is 69.5 Å². The van der Waals surface area contributed by atoms with E-state index in [1.54, 1.807) is 12.1 Å². The molecule has 0 saturated carbocycles. The number of nitrogens with one attached hydrogen (secondary N) is 2. The fraction of sp³-hybridized carbons (Fsp3) is 0.333. The van der Waals surface area contributed by atoms with Crippen LogP contribution in [-0.2, 0) is 9.59 Å². The van der Waals surface area contributed by atoms with Crippen molar-refractivity contribution in [3.63, 3.8) is 0 Å². The predicted molar refractivity (Wildman–Crippen MR) is 119 cm³/mol. The van der Waals surface area contributed by atoms with Crippen LogP contribution in [0.25, 0.3) is 17.2 Å². The van der Waals surface area contributed by atoms with E-state index in [-0.39, 0.29) is 46.8 Å². The van der Waals surface area contributed by atoms with Crippen LogP contribution in [0.1, 0.15) is 43.9 Å². The molecule has 7 heteroatoms. The predicted octanol–water partition coefficient (Wildman–Crippen LogP) is 5.06. The van der Waals surface area contributed by atoms with Crippen LogP contribution in [0.2, 0.25) is 0 Å². The molecule has 0 heterocycles. The average molecular weight is 430 g/mol. The molecule has 0 radical (unpaired) electrons. The first-order valence-electron chi connectivity index (χ1n) is 10.1. The average Bonchev–Trinajstić information content (AvgIpc) is 2.70. The van der Waals surface area contributed by atoms with Gasteiger partial charge < -0.3 is 15.7 Å². The highest BCUT2D eigenvalue weighted by molar-refractivity contribution is 5.97. The number of carboxylic acid groups (broad SMARTS) is 1. The highest BCUT2D eigenvalue weighted by Gasteiger charge is 2.21. The number of carboxylic acids is 1. The van der Waals surface area contributed by atoms with E-state index >= 15 is 8.78 Å². The van der Waals surface area contributed by atoms with Crippen LogP contribution in [0.5, 0.6) is 0 Å². The zero-order chi connectivity index (χ0) is 23.3. The van der Waals surface area contributed by atoms with Crippen molar-refractivity contribution in [1.29, 1.82) is 0 Å². The van der Waals surface area contributed by atoms with Gasteiger partial charge in [-0.1, -0.05) is 12.1 Å². The third kappa shape index (κ3) is 5.90. The number of halogens is 2. The van der Waals surface area contributed by atoms with Gasteiger partial charge in [0, 0.05) is 35.0 Å². The molecule has 0 bridgehead atoms. The summed E-state index contributed by atoms with van der Waals surface area (Å²) in [6.45, 7) is 8.42. The molecule has 0 fully saturated rings. The Hall–Kier alpha value is -3.22. The molecule has 0 aliphatic rings. The molecule has 0 spiro atoms. The van der Waals surface area contributed by atoms with Gasteiger partial charge in [-0.15, -0.1) is 0 Å². The van der Waals surface area contributed by atoms with Gasteiger partial charge in [0.1, 0.15) is 11.6 Å². The van der Waals surface area contributed by atoms with Crippen molar-refractivity contribution >= 4 is 23.6 Å². The molecule has 0 saturated heterocycles. The van der Waals surface area contributed by atoms with Crippen molar-refractivity contribution in [1.82, 2.24) is 5.32 Å². The molecule has 2 aromatic carbocycles. The Morgan fingerprint density at radius 1 is 1.06 bits per heavy atom. The quantitative estimate of drug-likeness (QED) is 0.512. The van der Waals surface area contributed by atoms with Gasteiger partial charge >= 0.3 is 5.97 Å². The van der Waals surface area contributed by atoms with E-state index in [9.17, 15) is 9.59 Å². The smallest absolute Gasteiger partial charge is 0.305 e. The number of rotatable bonds is 8. The Balaban J connectivity index is 2.39. The molecule has 1 amide bonds. The molecular formula is C24H28F2N2O3. The van der Waals surface area contributed by atoms with Crippen LogP contribution in [0.4, 0.5) is 14.5 Å². The standard InChI is InChI=1S/C24H28F2N2O3/c1-13(2)28-18-8-6-17(7-9-18)21-16(5)22(25)19(15(4)23(21)26)12-14(3)24(31)27-11-10-20(29)30/h6-9,12-13,28H,10-11H2,1-5H3,(H,27,31)(H,29,30)/b14-12+. The molecule has 166 valence electrons. The monoisotopic (exact) mass is 430 g/mol. The molecule has 0 aromatic heterocycles. The summed E-state index contributed by atoms with van der Waals surface area (Å²) in [7, 11) is 0. The van der Waals surface area contributed by atoms with Crippen molar-refractivity contribution < 1.29 is 23.5 Å². The Morgan fingerprint density at radius 3 is 2.23 bits per heavy atom. The van der Waals surface area contributed by atoms with Crippen LogP contribution in [-0.4, -0.2) is 29.6 Å². The SMILES string of the molecule is C/C(=C\c1c(C)c(F)c(-c2ccc(NC(C)C)cc2)c(C)c1F)C(=O)NCCC(=O)O. The lowest BCUT2D eigenvalue weighted by molar-refractivity contribution is -0.136. The summed E-state index contributed by atoms with van der Waals surface area (Å²) in [5, 5.41) is 14.3. The number of hydrogen-bond acceptors (Lipinski definition) is 3. The van der Waals surface area contributed by atoms with E-state index in [1.165, 1.54) is 26.8 Å². The fourth-order valence-corrected chi connectivity index (χ4v) is 3.23. The van der Waals surface area contributed by atoms with Crippen LogP contribution in [0, 0.1) is 25.5 Å². The molecule has 3 N–H and O–H groups in total. The van der Waals surface area contributed by atoms with Gasteiger partial charge in [-0.2, -0.15) is 0 Å². The third-order valence-corrected chi connectivity index (χ3v) is 4.87. The lowest BCUT2D eigenvalue weighted by atomic mass is 9.92. The minimum absolute atomic E-state index is 0.00253. The third-order valence-electron chi connectivity index (χ3n) is 4.87. The zero-order valence-electron chi connectivity index (χ0n) is 18.4. The van der Waals surface area contributed by atoms with Gasteiger partial charge in [-0.25, -0.2) is 8.78 Å². The van der Waals surface area contributed by atoms with E-state index < -0.39 is 23.5 Å². The van der Waals surface area contributed by atoms with Gasteiger partial charge in [0.2, 0.25) is 5.91 Å². The van der Waals surface area contributed by atoms with Crippen LogP contribution >= 0.6 is 0 Å². The highest BCUT2D eigenvalue weighted by Crippen LogP contribution is 2.34. The largest absolute Gasteiger partial charge is 0.481 e. The molecular weight excluding hydrogens is 402 g/mol. The lowest BCUT2D eigenvalue weighted by Crippen LogP contribution is -2.26. The van der Waals surface area contributed by atoms with Crippen molar-refractivity contribution in [2.24, 2.45) is 0 Å². The van der Waals surface area contributed by atoms with Crippen LogP contribution in [0.3, 0.4) is 0 Å². The summed E-state index contributed by atoms with van der Waals surface area (Å²) in [5.41, 5.74) is 2.04. The summed E-state index contributed by atoms with van der Waals surface area (Å²) in [5.74, 6) is -2.72. The van der Waals surface area contributed by atoms with Crippen molar-refractivity contribution in [2.75, 3.05) is 11.9 Å². The summed E-state index contributed by atoms with van der Waals surface area (Å²) >= 11 is 0. The normalized spacial score (nSPS) is 11.5. The number of carbonyl (C=O) groups excluding carboxylic acids is 1. The van der Waals surface area contributed by atoms with Gasteiger partial charge in [0.15, 0.2) is 0 Å². The van der Waals surface area contributed by atoms with E-state index in [2.05, 4.69) is 10.6 Å². The van der Waals surface area contributed by atoms with Crippen LogP contribution in [0.15, 0.2) is 29.8 Å². The molecule has 0 aliphatic carbocycles. The molecule has 0 unspecified atom stereocenters. The Bertz CT molecular complexity index is 983. The second-order valence-corrected chi connectivity index (χ2v) is 7.77. The van der Waals surface area contributed by atoms with Crippen molar-refractivity contribution in [2.45, 2.75) is 47.1 Å². The number of carbonyl (C=O) groups is 2.